The Labute approximate surface area is 154 Å². The molecule has 0 saturated carbocycles. The van der Waals surface area contributed by atoms with Crippen LogP contribution in [0.1, 0.15) is 6.92 Å². The van der Waals surface area contributed by atoms with Gasteiger partial charge in [0.1, 0.15) is 0 Å². The lowest BCUT2D eigenvalue weighted by Gasteiger charge is -2.39. The van der Waals surface area contributed by atoms with Crippen molar-refractivity contribution in [3.8, 4) is 5.88 Å². The van der Waals surface area contributed by atoms with Crippen LogP contribution in [-0.4, -0.2) is 75.5 Å². The van der Waals surface area contributed by atoms with E-state index in [1.807, 2.05) is 24.3 Å². The van der Waals surface area contributed by atoms with Gasteiger partial charge in [0.05, 0.1) is 5.52 Å². The van der Waals surface area contributed by atoms with Crippen molar-refractivity contribution in [2.45, 2.75) is 19.1 Å². The van der Waals surface area contributed by atoms with Crippen molar-refractivity contribution in [1.29, 1.82) is 0 Å². The van der Waals surface area contributed by atoms with Gasteiger partial charge in [0.15, 0.2) is 17.9 Å². The van der Waals surface area contributed by atoms with Crippen LogP contribution in [-0.2, 0) is 4.79 Å². The Morgan fingerprint density at radius 1 is 1.19 bits per heavy atom. The first-order valence-corrected chi connectivity index (χ1v) is 8.54. The summed E-state index contributed by atoms with van der Waals surface area (Å²) in [7, 11) is 3.30. The maximum atomic E-state index is 12.7. The summed E-state index contributed by atoms with van der Waals surface area (Å²) < 4.78 is 0. The molecular weight excluding hydrogens is 350 g/mol. The monoisotopic (exact) mass is 369 g/mol. The molecule has 0 radical (unpaired) electrons. The smallest absolute Gasteiger partial charge is 0.328 e. The van der Waals surface area contributed by atoms with Gasteiger partial charge in [-0.15, -0.1) is 10.2 Å². The zero-order chi connectivity index (χ0) is 19.3. The highest BCUT2D eigenvalue weighted by molar-refractivity contribution is 6.04. The van der Waals surface area contributed by atoms with E-state index >= 15 is 0 Å². The number of nitrogens with one attached hydrogen (secondary N) is 1. The van der Waals surface area contributed by atoms with Crippen molar-refractivity contribution in [1.82, 2.24) is 19.7 Å². The van der Waals surface area contributed by atoms with Gasteiger partial charge in [-0.25, -0.2) is 9.79 Å². The normalized spacial score (nSPS) is 22.9. The standard InChI is InChI=1S/C17H19N7O3/c1-4-24-15(26)12-13(23(3)17(24)27)19-16(22(12)2)21-20-11-9-7-5-6-8-10(9)18-14(11)25/h5-8,12-13,18,25H,4H2,1-3H3. The molecule has 2 aromatic rings. The van der Waals surface area contributed by atoms with Gasteiger partial charge in [-0.05, 0) is 13.0 Å². The Bertz CT molecular complexity index is 996. The number of rotatable bonds is 2. The number of likely N-dealkylation sites (N-methyl/N-ethyl adjacent to an activating group) is 3. The van der Waals surface area contributed by atoms with E-state index in [1.165, 1.54) is 9.80 Å². The maximum Gasteiger partial charge on any atom is 0.328 e. The van der Waals surface area contributed by atoms with Gasteiger partial charge in [0, 0.05) is 26.0 Å². The molecule has 0 bridgehead atoms. The summed E-state index contributed by atoms with van der Waals surface area (Å²) in [4.78, 5) is 36.4. The lowest BCUT2D eigenvalue weighted by molar-refractivity contribution is -0.136. The van der Waals surface area contributed by atoms with Crippen molar-refractivity contribution >= 4 is 34.5 Å². The van der Waals surface area contributed by atoms with Gasteiger partial charge in [-0.1, -0.05) is 18.2 Å². The molecule has 4 rings (SSSR count). The number of urea groups is 1. The number of aromatic hydroxyl groups is 1. The van der Waals surface area contributed by atoms with Gasteiger partial charge in [0.2, 0.25) is 11.8 Å². The van der Waals surface area contributed by atoms with Gasteiger partial charge in [0.25, 0.3) is 5.91 Å². The summed E-state index contributed by atoms with van der Waals surface area (Å²) in [5, 5.41) is 19.1. The summed E-state index contributed by atoms with van der Waals surface area (Å²) in [5.41, 5.74) is 1.03. The quantitative estimate of drug-likeness (QED) is 0.786. The molecule has 2 atom stereocenters. The minimum absolute atomic E-state index is 0.0980. The number of fused-ring (bicyclic) bond motifs is 2. The van der Waals surface area contributed by atoms with Crippen molar-refractivity contribution in [3.63, 3.8) is 0 Å². The topological polar surface area (TPSA) is 117 Å². The Morgan fingerprint density at radius 3 is 2.67 bits per heavy atom. The van der Waals surface area contributed by atoms with Gasteiger partial charge >= 0.3 is 6.03 Å². The number of hydrogen-bond acceptors (Lipinski definition) is 7. The van der Waals surface area contributed by atoms with Crippen molar-refractivity contribution < 1.29 is 14.7 Å². The molecule has 10 heteroatoms. The average Bonchev–Trinajstić information content (AvgIpc) is 3.15. The zero-order valence-corrected chi connectivity index (χ0v) is 15.1. The fourth-order valence-electron chi connectivity index (χ4n) is 3.45. The summed E-state index contributed by atoms with van der Waals surface area (Å²) in [6.07, 6.45) is -0.650. The Hall–Kier alpha value is -3.43. The Balaban J connectivity index is 1.67. The molecule has 1 saturated heterocycles. The Kier molecular flexibility index (Phi) is 3.83. The number of imide groups is 1. The molecule has 2 aliphatic rings. The highest BCUT2D eigenvalue weighted by Gasteiger charge is 2.50. The number of aromatic nitrogens is 1. The maximum absolute atomic E-state index is 12.7. The molecule has 3 amide bonds. The number of benzene rings is 1. The highest BCUT2D eigenvalue weighted by atomic mass is 16.3. The van der Waals surface area contributed by atoms with Crippen LogP contribution in [0.15, 0.2) is 39.5 Å². The number of amides is 3. The van der Waals surface area contributed by atoms with Gasteiger partial charge in [-0.3, -0.25) is 9.69 Å². The molecule has 2 N–H and O–H groups in total. The predicted octanol–water partition coefficient (Wildman–Crippen LogP) is 1.87. The molecule has 0 spiro atoms. The molecule has 1 aromatic carbocycles. The number of aromatic amines is 1. The van der Waals surface area contributed by atoms with Crippen LogP contribution in [0.5, 0.6) is 5.88 Å². The number of H-pyrrole nitrogens is 1. The first-order valence-electron chi connectivity index (χ1n) is 8.54. The fourth-order valence-corrected chi connectivity index (χ4v) is 3.45. The van der Waals surface area contributed by atoms with Crippen molar-refractivity contribution in [3.05, 3.63) is 24.3 Å². The van der Waals surface area contributed by atoms with E-state index in [1.54, 1.807) is 25.9 Å². The molecule has 140 valence electrons. The van der Waals surface area contributed by atoms with Crippen LogP contribution >= 0.6 is 0 Å². The third kappa shape index (κ3) is 2.44. The van der Waals surface area contributed by atoms with Crippen LogP contribution < -0.4 is 0 Å². The average molecular weight is 369 g/mol. The molecule has 1 fully saturated rings. The second-order valence-electron chi connectivity index (χ2n) is 6.44. The van der Waals surface area contributed by atoms with Crippen LogP contribution in [0.4, 0.5) is 10.5 Å². The number of hydrogen-bond donors (Lipinski definition) is 2. The van der Waals surface area contributed by atoms with E-state index in [-0.39, 0.29) is 23.8 Å². The molecule has 1 aromatic heterocycles. The van der Waals surface area contributed by atoms with Crippen molar-refractivity contribution in [2.75, 3.05) is 20.6 Å². The summed E-state index contributed by atoms with van der Waals surface area (Å²) >= 11 is 0. The molecule has 2 unspecified atom stereocenters. The molecule has 10 nitrogen and oxygen atoms in total. The molecular formula is C17H19N7O3. The molecule has 0 aliphatic carbocycles. The van der Waals surface area contributed by atoms with Crippen LogP contribution in [0.25, 0.3) is 10.9 Å². The summed E-state index contributed by atoms with van der Waals surface area (Å²) in [5.74, 6) is -0.184. The van der Waals surface area contributed by atoms with E-state index in [4.69, 9.17) is 0 Å². The number of aliphatic imine (C=N–C) groups is 1. The van der Waals surface area contributed by atoms with Crippen LogP contribution in [0.2, 0.25) is 0 Å². The minimum Gasteiger partial charge on any atom is -0.493 e. The summed E-state index contributed by atoms with van der Waals surface area (Å²) in [6.45, 7) is 2.04. The van der Waals surface area contributed by atoms with E-state index in [2.05, 4.69) is 20.2 Å². The second-order valence-corrected chi connectivity index (χ2v) is 6.44. The van der Waals surface area contributed by atoms with E-state index < -0.39 is 12.2 Å². The van der Waals surface area contributed by atoms with E-state index in [0.717, 1.165) is 10.9 Å². The predicted molar refractivity (Wildman–Crippen MR) is 97.8 cm³/mol. The van der Waals surface area contributed by atoms with Gasteiger partial charge < -0.3 is 19.9 Å². The van der Waals surface area contributed by atoms with Crippen LogP contribution in [0.3, 0.4) is 0 Å². The number of guanidine groups is 1. The fraction of sp³-hybridized carbons (Fsp3) is 0.353. The lowest BCUT2D eigenvalue weighted by Crippen LogP contribution is -2.64. The second kappa shape index (κ2) is 6.08. The minimum atomic E-state index is -0.650. The van der Waals surface area contributed by atoms with Gasteiger partial charge in [-0.2, -0.15) is 0 Å². The third-order valence-corrected chi connectivity index (χ3v) is 4.93. The SMILES string of the molecule is CCN1C(=O)C2C(N=C(N=Nc3c(O)[nH]c4ccccc34)N2C)N(C)C1=O. The molecule has 3 heterocycles. The number of nitrogens with zero attached hydrogens (tertiary/aromatic N) is 6. The first-order chi connectivity index (χ1) is 12.9. The van der Waals surface area contributed by atoms with E-state index in [0.29, 0.717) is 12.2 Å². The number of carbonyl (C=O) groups excluding carboxylic acids is 2. The molecule has 27 heavy (non-hydrogen) atoms. The summed E-state index contributed by atoms with van der Waals surface area (Å²) in [6, 6.07) is 6.29. The Morgan fingerprint density at radius 2 is 1.93 bits per heavy atom. The number of azo groups is 1. The van der Waals surface area contributed by atoms with Crippen molar-refractivity contribution in [2.24, 2.45) is 15.2 Å². The first kappa shape index (κ1) is 17.0. The number of carbonyl (C=O) groups is 2. The zero-order valence-electron chi connectivity index (χ0n) is 15.1. The number of para-hydroxylation sites is 1. The molecule has 2 aliphatic heterocycles. The highest BCUT2D eigenvalue weighted by Crippen LogP contribution is 2.35. The van der Waals surface area contributed by atoms with E-state index in [9.17, 15) is 14.7 Å². The third-order valence-electron chi connectivity index (χ3n) is 4.93. The largest absolute Gasteiger partial charge is 0.493 e. The lowest BCUT2D eigenvalue weighted by atomic mass is 10.1. The van der Waals surface area contributed by atoms with Crippen LogP contribution in [0, 0.1) is 0 Å².